The number of sulfonamides is 1. The quantitative estimate of drug-likeness (QED) is 0.458. The predicted molar refractivity (Wildman–Crippen MR) is 121 cm³/mol. The smallest absolute Gasteiger partial charge is 0.261 e. The first kappa shape index (κ1) is 23.5. The van der Waals surface area contributed by atoms with Crippen molar-refractivity contribution in [1.29, 1.82) is 0 Å². The van der Waals surface area contributed by atoms with Gasteiger partial charge in [-0.3, -0.25) is 9.52 Å². The molecule has 8 nitrogen and oxygen atoms in total. The number of ether oxygens (including phenoxy) is 2. The Balaban J connectivity index is 1.89. The van der Waals surface area contributed by atoms with Crippen molar-refractivity contribution in [3.63, 3.8) is 0 Å². The van der Waals surface area contributed by atoms with Gasteiger partial charge in [0, 0.05) is 24.0 Å². The van der Waals surface area contributed by atoms with Gasteiger partial charge in [0.25, 0.3) is 10.0 Å². The fourth-order valence-electron chi connectivity index (χ4n) is 2.76. The van der Waals surface area contributed by atoms with Crippen molar-refractivity contribution >= 4 is 33.1 Å². The van der Waals surface area contributed by atoms with Gasteiger partial charge >= 0.3 is 0 Å². The van der Waals surface area contributed by atoms with Gasteiger partial charge in [-0.1, -0.05) is 11.6 Å². The van der Waals surface area contributed by atoms with Crippen LogP contribution in [0.4, 0.5) is 5.69 Å². The van der Waals surface area contributed by atoms with Crippen molar-refractivity contribution in [2.75, 3.05) is 11.3 Å². The van der Waals surface area contributed by atoms with Gasteiger partial charge in [-0.2, -0.15) is 0 Å². The van der Waals surface area contributed by atoms with E-state index in [0.717, 1.165) is 0 Å². The van der Waals surface area contributed by atoms with Crippen LogP contribution in [0.25, 0.3) is 0 Å². The van der Waals surface area contributed by atoms with Gasteiger partial charge < -0.3 is 9.47 Å². The molecule has 1 aromatic carbocycles. The van der Waals surface area contributed by atoms with E-state index in [1.807, 2.05) is 20.8 Å². The molecule has 0 bridgehead atoms. The number of nitrogens with one attached hydrogen (secondary N) is 1. The Morgan fingerprint density at radius 3 is 2.41 bits per heavy atom. The monoisotopic (exact) mass is 475 g/mol. The standard InChI is InChI=1S/C22H22ClN3O5S/c1-4-30-20-10-5-15(12-24-20)22(27)21-19(11-16(23)13-25-21)26-32(28,29)18-8-6-17(7-9-18)31-14(2)3/h5-14,26H,4H2,1-3H3. The minimum Gasteiger partial charge on any atom is -0.491 e. The average Bonchev–Trinajstić information content (AvgIpc) is 2.74. The summed E-state index contributed by atoms with van der Waals surface area (Å²) in [7, 11) is -4.02. The maximum Gasteiger partial charge on any atom is 0.261 e. The molecule has 0 atom stereocenters. The normalized spacial score (nSPS) is 11.3. The number of carbonyl (C=O) groups excluding carboxylic acids is 1. The number of pyridine rings is 2. The summed E-state index contributed by atoms with van der Waals surface area (Å²) in [5, 5.41) is 0.171. The summed E-state index contributed by atoms with van der Waals surface area (Å²) in [6, 6.07) is 10.4. The van der Waals surface area contributed by atoms with Gasteiger partial charge in [0.1, 0.15) is 11.4 Å². The molecule has 3 aromatic rings. The van der Waals surface area contributed by atoms with Gasteiger partial charge in [0.2, 0.25) is 11.7 Å². The van der Waals surface area contributed by atoms with E-state index in [0.29, 0.717) is 18.2 Å². The number of benzene rings is 1. The number of hydrogen-bond donors (Lipinski definition) is 1. The van der Waals surface area contributed by atoms with Crippen LogP contribution in [0.1, 0.15) is 36.8 Å². The molecule has 3 rings (SSSR count). The molecule has 2 aromatic heterocycles. The van der Waals surface area contributed by atoms with E-state index in [2.05, 4.69) is 14.7 Å². The Labute approximate surface area is 191 Å². The molecule has 0 aliphatic heterocycles. The second-order valence-corrected chi connectivity index (χ2v) is 9.06. The van der Waals surface area contributed by atoms with Crippen molar-refractivity contribution in [3.05, 3.63) is 71.1 Å². The molecule has 168 valence electrons. The van der Waals surface area contributed by atoms with Crippen molar-refractivity contribution in [2.45, 2.75) is 31.8 Å². The zero-order valence-electron chi connectivity index (χ0n) is 17.7. The summed E-state index contributed by atoms with van der Waals surface area (Å²) >= 11 is 6.01. The number of hydrogen-bond acceptors (Lipinski definition) is 7. The molecule has 2 heterocycles. The number of ketones is 1. The van der Waals surface area contributed by atoms with Gasteiger partial charge in [0.15, 0.2) is 0 Å². The topological polar surface area (TPSA) is 107 Å². The summed E-state index contributed by atoms with van der Waals surface area (Å²) in [5.41, 5.74) is 0.0708. The number of aromatic nitrogens is 2. The minimum atomic E-state index is -4.02. The minimum absolute atomic E-state index is 0.00489. The summed E-state index contributed by atoms with van der Waals surface area (Å²) in [4.78, 5) is 21.1. The third kappa shape index (κ3) is 5.74. The molecule has 0 fully saturated rings. The zero-order valence-corrected chi connectivity index (χ0v) is 19.3. The van der Waals surface area contributed by atoms with Crippen LogP contribution in [0.2, 0.25) is 5.02 Å². The van der Waals surface area contributed by atoms with Gasteiger partial charge in [-0.05, 0) is 57.2 Å². The van der Waals surface area contributed by atoms with E-state index in [1.165, 1.54) is 36.7 Å². The molecule has 1 N–H and O–H groups in total. The first-order valence-corrected chi connectivity index (χ1v) is 11.6. The molecule has 0 saturated carbocycles. The molecule has 0 saturated heterocycles. The molecule has 0 spiro atoms. The lowest BCUT2D eigenvalue weighted by Crippen LogP contribution is -2.17. The fraction of sp³-hybridized carbons (Fsp3) is 0.227. The lowest BCUT2D eigenvalue weighted by Gasteiger charge is -2.13. The van der Waals surface area contributed by atoms with Crippen LogP contribution in [0.3, 0.4) is 0 Å². The van der Waals surface area contributed by atoms with E-state index < -0.39 is 15.8 Å². The van der Waals surface area contributed by atoms with Crippen LogP contribution >= 0.6 is 11.6 Å². The Morgan fingerprint density at radius 1 is 1.09 bits per heavy atom. The second-order valence-electron chi connectivity index (χ2n) is 6.94. The number of anilines is 1. The number of halogens is 1. The predicted octanol–water partition coefficient (Wildman–Crippen LogP) is 4.35. The first-order chi connectivity index (χ1) is 15.2. The lowest BCUT2D eigenvalue weighted by atomic mass is 10.1. The fourth-order valence-corrected chi connectivity index (χ4v) is 3.97. The van der Waals surface area contributed by atoms with E-state index >= 15 is 0 Å². The van der Waals surface area contributed by atoms with E-state index in [9.17, 15) is 13.2 Å². The Morgan fingerprint density at radius 2 is 1.81 bits per heavy atom. The largest absolute Gasteiger partial charge is 0.491 e. The third-order valence-corrected chi connectivity index (χ3v) is 5.70. The average molecular weight is 476 g/mol. The molecule has 0 aliphatic carbocycles. The van der Waals surface area contributed by atoms with E-state index in [1.54, 1.807) is 18.2 Å². The highest BCUT2D eigenvalue weighted by atomic mass is 35.5. The molecular formula is C22H22ClN3O5S. The van der Waals surface area contributed by atoms with Crippen molar-refractivity contribution < 1.29 is 22.7 Å². The molecular weight excluding hydrogens is 454 g/mol. The Bertz CT molecular complexity index is 1200. The van der Waals surface area contributed by atoms with Gasteiger partial charge in [0.05, 0.1) is 28.3 Å². The maximum atomic E-state index is 13.0. The van der Waals surface area contributed by atoms with Crippen LogP contribution in [0.15, 0.2) is 59.8 Å². The summed E-state index contributed by atoms with van der Waals surface area (Å²) in [6.45, 7) is 6.00. The highest BCUT2D eigenvalue weighted by Crippen LogP contribution is 2.25. The first-order valence-electron chi connectivity index (χ1n) is 9.78. The van der Waals surface area contributed by atoms with Crippen LogP contribution in [-0.4, -0.2) is 36.9 Å². The number of carbonyl (C=O) groups is 1. The van der Waals surface area contributed by atoms with E-state index in [4.69, 9.17) is 21.1 Å². The maximum absolute atomic E-state index is 13.0. The third-order valence-electron chi connectivity index (χ3n) is 4.11. The van der Waals surface area contributed by atoms with Crippen molar-refractivity contribution in [2.24, 2.45) is 0 Å². The molecule has 0 unspecified atom stereocenters. The highest BCUT2D eigenvalue weighted by Gasteiger charge is 2.22. The number of rotatable bonds is 9. The molecule has 0 aliphatic rings. The van der Waals surface area contributed by atoms with Crippen LogP contribution in [0.5, 0.6) is 11.6 Å². The van der Waals surface area contributed by atoms with Crippen LogP contribution in [-0.2, 0) is 10.0 Å². The van der Waals surface area contributed by atoms with Gasteiger partial charge in [-0.15, -0.1) is 0 Å². The molecule has 0 amide bonds. The van der Waals surface area contributed by atoms with Crippen molar-refractivity contribution in [1.82, 2.24) is 9.97 Å². The zero-order chi connectivity index (χ0) is 23.3. The summed E-state index contributed by atoms with van der Waals surface area (Å²) in [5.74, 6) is 0.400. The molecule has 10 heteroatoms. The van der Waals surface area contributed by atoms with E-state index in [-0.39, 0.29) is 33.0 Å². The SMILES string of the molecule is CCOc1ccc(C(=O)c2ncc(Cl)cc2NS(=O)(=O)c2ccc(OC(C)C)cc2)cn1. The lowest BCUT2D eigenvalue weighted by molar-refractivity contribution is 0.103. The van der Waals surface area contributed by atoms with Crippen LogP contribution < -0.4 is 14.2 Å². The molecule has 0 radical (unpaired) electrons. The number of nitrogens with zero attached hydrogens (tertiary/aromatic N) is 2. The van der Waals surface area contributed by atoms with Gasteiger partial charge in [-0.25, -0.2) is 18.4 Å². The summed E-state index contributed by atoms with van der Waals surface area (Å²) in [6.07, 6.45) is 2.57. The Kier molecular flexibility index (Phi) is 7.32. The summed E-state index contributed by atoms with van der Waals surface area (Å²) < 4.78 is 39.0. The highest BCUT2D eigenvalue weighted by molar-refractivity contribution is 7.92. The Hall–Kier alpha value is -3.17. The second kappa shape index (κ2) is 9.97. The van der Waals surface area contributed by atoms with Crippen LogP contribution in [0, 0.1) is 0 Å². The van der Waals surface area contributed by atoms with Crippen molar-refractivity contribution in [3.8, 4) is 11.6 Å². The molecule has 32 heavy (non-hydrogen) atoms.